The molecule has 0 fully saturated rings. The summed E-state index contributed by atoms with van der Waals surface area (Å²) in [5.74, 6) is 0.652. The highest BCUT2D eigenvalue weighted by atomic mass is 14.9. The molecule has 2 heteroatoms. The first-order valence-corrected chi connectivity index (χ1v) is 6.31. The summed E-state index contributed by atoms with van der Waals surface area (Å²) in [4.78, 5) is 0. The fourth-order valence-electron chi connectivity index (χ4n) is 2.06. The summed E-state index contributed by atoms with van der Waals surface area (Å²) >= 11 is 0. The predicted molar refractivity (Wildman–Crippen MR) is 71.7 cm³/mol. The second-order valence-electron chi connectivity index (χ2n) is 4.89. The maximum Gasteiger partial charge on any atom is 0.0991 e. The van der Waals surface area contributed by atoms with Crippen molar-refractivity contribution < 1.29 is 0 Å². The summed E-state index contributed by atoms with van der Waals surface area (Å²) in [7, 11) is 0. The van der Waals surface area contributed by atoms with Gasteiger partial charge in [0.2, 0.25) is 0 Å². The number of nitrogens with one attached hydrogen (secondary N) is 1. The van der Waals surface area contributed by atoms with Gasteiger partial charge >= 0.3 is 0 Å². The number of aryl methyl sites for hydroxylation is 1. The molecule has 0 aliphatic heterocycles. The summed E-state index contributed by atoms with van der Waals surface area (Å²) in [6.07, 6.45) is 1.15. The van der Waals surface area contributed by atoms with E-state index < -0.39 is 0 Å². The van der Waals surface area contributed by atoms with Gasteiger partial charge < -0.3 is 5.32 Å². The molecule has 0 amide bonds. The standard InChI is InChI=1S/C15H22N2/c1-5-15(11(2)3)17-10-14-7-6-13(9-16)8-12(14)4/h6-8,11,15,17H,5,10H2,1-4H3. The molecule has 0 saturated heterocycles. The zero-order valence-corrected chi connectivity index (χ0v) is 11.2. The molecule has 1 rings (SSSR count). The molecule has 1 unspecified atom stereocenters. The van der Waals surface area contributed by atoms with E-state index in [1.54, 1.807) is 0 Å². The Hall–Kier alpha value is -1.33. The average molecular weight is 230 g/mol. The monoisotopic (exact) mass is 230 g/mol. The van der Waals surface area contributed by atoms with E-state index in [1.165, 1.54) is 11.1 Å². The van der Waals surface area contributed by atoms with Gasteiger partial charge in [-0.05, 0) is 42.5 Å². The molecule has 0 bridgehead atoms. The quantitative estimate of drug-likeness (QED) is 0.841. The fraction of sp³-hybridized carbons (Fsp3) is 0.533. The number of hydrogen-bond acceptors (Lipinski definition) is 2. The number of hydrogen-bond donors (Lipinski definition) is 1. The Bertz CT molecular complexity index is 402. The molecule has 1 aromatic rings. The van der Waals surface area contributed by atoms with Crippen molar-refractivity contribution in [3.63, 3.8) is 0 Å². The summed E-state index contributed by atoms with van der Waals surface area (Å²) in [6.45, 7) is 9.64. The van der Waals surface area contributed by atoms with Gasteiger partial charge in [-0.2, -0.15) is 5.26 Å². The Morgan fingerprint density at radius 1 is 1.35 bits per heavy atom. The van der Waals surface area contributed by atoms with Crippen LogP contribution in [0.1, 0.15) is 43.9 Å². The molecular formula is C15H22N2. The molecule has 0 aliphatic rings. The fourth-order valence-corrected chi connectivity index (χ4v) is 2.06. The van der Waals surface area contributed by atoms with Crippen molar-refractivity contribution in [2.45, 2.75) is 46.7 Å². The Morgan fingerprint density at radius 3 is 2.53 bits per heavy atom. The highest BCUT2D eigenvalue weighted by molar-refractivity contribution is 5.37. The van der Waals surface area contributed by atoms with Crippen molar-refractivity contribution >= 4 is 0 Å². The van der Waals surface area contributed by atoms with Crippen LogP contribution >= 0.6 is 0 Å². The predicted octanol–water partition coefficient (Wildman–Crippen LogP) is 3.39. The van der Waals surface area contributed by atoms with E-state index in [4.69, 9.17) is 5.26 Å². The lowest BCUT2D eigenvalue weighted by Gasteiger charge is -2.21. The van der Waals surface area contributed by atoms with E-state index in [1.807, 2.05) is 18.2 Å². The zero-order valence-electron chi connectivity index (χ0n) is 11.2. The summed E-state index contributed by atoms with van der Waals surface area (Å²) in [5.41, 5.74) is 3.21. The molecular weight excluding hydrogens is 208 g/mol. The van der Waals surface area contributed by atoms with Crippen LogP contribution in [0.3, 0.4) is 0 Å². The van der Waals surface area contributed by atoms with Crippen molar-refractivity contribution in [1.82, 2.24) is 5.32 Å². The van der Waals surface area contributed by atoms with E-state index in [-0.39, 0.29) is 0 Å². The van der Waals surface area contributed by atoms with Crippen molar-refractivity contribution in [3.05, 3.63) is 34.9 Å². The summed E-state index contributed by atoms with van der Waals surface area (Å²) in [6, 6.07) is 8.62. The first-order chi connectivity index (χ1) is 8.08. The maximum atomic E-state index is 8.82. The molecule has 17 heavy (non-hydrogen) atoms. The molecule has 0 aromatic heterocycles. The molecule has 1 N–H and O–H groups in total. The average Bonchev–Trinajstić information content (AvgIpc) is 2.31. The smallest absolute Gasteiger partial charge is 0.0991 e. The number of rotatable bonds is 5. The van der Waals surface area contributed by atoms with E-state index in [9.17, 15) is 0 Å². The van der Waals surface area contributed by atoms with E-state index in [2.05, 4.69) is 39.1 Å². The summed E-state index contributed by atoms with van der Waals surface area (Å²) < 4.78 is 0. The Morgan fingerprint density at radius 2 is 2.06 bits per heavy atom. The second kappa shape index (κ2) is 6.42. The van der Waals surface area contributed by atoms with Gasteiger partial charge in [-0.25, -0.2) is 0 Å². The first-order valence-electron chi connectivity index (χ1n) is 6.31. The number of nitriles is 1. The van der Waals surface area contributed by atoms with Gasteiger partial charge in [0, 0.05) is 12.6 Å². The third-order valence-electron chi connectivity index (χ3n) is 3.27. The molecule has 0 radical (unpaired) electrons. The van der Waals surface area contributed by atoms with Gasteiger partial charge in [-0.15, -0.1) is 0 Å². The molecule has 0 spiro atoms. The second-order valence-corrected chi connectivity index (χ2v) is 4.89. The lowest BCUT2D eigenvalue weighted by Crippen LogP contribution is -2.32. The first kappa shape index (κ1) is 13.7. The number of nitrogens with zero attached hydrogens (tertiary/aromatic N) is 1. The van der Waals surface area contributed by atoms with E-state index >= 15 is 0 Å². The highest BCUT2D eigenvalue weighted by Crippen LogP contribution is 2.12. The lowest BCUT2D eigenvalue weighted by atomic mass is 10.0. The van der Waals surface area contributed by atoms with Gasteiger partial charge in [-0.3, -0.25) is 0 Å². The van der Waals surface area contributed by atoms with Gasteiger partial charge in [0.25, 0.3) is 0 Å². The van der Waals surface area contributed by atoms with Gasteiger partial charge in [0.1, 0.15) is 0 Å². The Labute approximate surface area is 105 Å². The molecule has 92 valence electrons. The van der Waals surface area contributed by atoms with E-state index in [0.29, 0.717) is 12.0 Å². The van der Waals surface area contributed by atoms with Crippen LogP contribution in [0, 0.1) is 24.2 Å². The van der Waals surface area contributed by atoms with Crippen LogP contribution in [0.2, 0.25) is 0 Å². The van der Waals surface area contributed by atoms with Gasteiger partial charge in [0.05, 0.1) is 11.6 Å². The van der Waals surface area contributed by atoms with Crippen LogP contribution in [0.15, 0.2) is 18.2 Å². The largest absolute Gasteiger partial charge is 0.310 e. The molecule has 2 nitrogen and oxygen atoms in total. The Kier molecular flexibility index (Phi) is 5.18. The van der Waals surface area contributed by atoms with Crippen LogP contribution in [-0.2, 0) is 6.54 Å². The van der Waals surface area contributed by atoms with Crippen LogP contribution in [0.5, 0.6) is 0 Å². The third kappa shape index (κ3) is 3.87. The molecule has 0 saturated carbocycles. The third-order valence-corrected chi connectivity index (χ3v) is 3.27. The maximum absolute atomic E-state index is 8.82. The highest BCUT2D eigenvalue weighted by Gasteiger charge is 2.10. The zero-order chi connectivity index (χ0) is 12.8. The minimum atomic E-state index is 0.560. The normalized spacial score (nSPS) is 12.5. The van der Waals surface area contributed by atoms with Crippen LogP contribution < -0.4 is 5.32 Å². The molecule has 1 atom stereocenters. The lowest BCUT2D eigenvalue weighted by molar-refractivity contribution is 0.387. The molecule has 0 heterocycles. The van der Waals surface area contributed by atoms with Gasteiger partial charge in [0.15, 0.2) is 0 Å². The topological polar surface area (TPSA) is 35.8 Å². The minimum absolute atomic E-state index is 0.560. The van der Waals surface area contributed by atoms with Gasteiger partial charge in [-0.1, -0.05) is 26.8 Å². The Balaban J connectivity index is 2.67. The van der Waals surface area contributed by atoms with Crippen molar-refractivity contribution in [3.8, 4) is 6.07 Å². The van der Waals surface area contributed by atoms with Crippen molar-refractivity contribution in [2.24, 2.45) is 5.92 Å². The van der Waals surface area contributed by atoms with Crippen molar-refractivity contribution in [2.75, 3.05) is 0 Å². The van der Waals surface area contributed by atoms with Crippen molar-refractivity contribution in [1.29, 1.82) is 5.26 Å². The summed E-state index contributed by atoms with van der Waals surface area (Å²) in [5, 5.41) is 12.4. The van der Waals surface area contributed by atoms with E-state index in [0.717, 1.165) is 18.5 Å². The molecule has 1 aromatic carbocycles. The van der Waals surface area contributed by atoms with Crippen LogP contribution in [-0.4, -0.2) is 6.04 Å². The SMILES string of the molecule is CCC(NCc1ccc(C#N)cc1C)C(C)C. The minimum Gasteiger partial charge on any atom is -0.310 e. The molecule has 0 aliphatic carbocycles. The van der Waals surface area contributed by atoms with Crippen LogP contribution in [0.25, 0.3) is 0 Å². The number of benzene rings is 1. The van der Waals surface area contributed by atoms with Crippen LogP contribution in [0.4, 0.5) is 0 Å².